The van der Waals surface area contributed by atoms with Crippen molar-refractivity contribution < 1.29 is 23.4 Å². The largest absolute Gasteiger partial charge is 0.379 e. The van der Waals surface area contributed by atoms with Gasteiger partial charge in [-0.3, -0.25) is 9.59 Å². The van der Waals surface area contributed by atoms with Crippen LogP contribution in [0.1, 0.15) is 30.1 Å². The molecule has 1 amide bonds. The second kappa shape index (κ2) is 7.10. The second-order valence-corrected chi connectivity index (χ2v) is 6.30. The van der Waals surface area contributed by atoms with Gasteiger partial charge < -0.3 is 25.5 Å². The zero-order chi connectivity index (χ0) is 19.0. The smallest absolute Gasteiger partial charge is 0.256 e. The van der Waals surface area contributed by atoms with Gasteiger partial charge in [-0.1, -0.05) is 0 Å². The summed E-state index contributed by atoms with van der Waals surface area (Å²) in [6.07, 6.45) is -0.989. The molecule has 2 heterocycles. The molecule has 0 fully saturated rings. The number of fused-ring (bicyclic) bond motifs is 3. The van der Waals surface area contributed by atoms with Gasteiger partial charge in [0.1, 0.15) is 6.23 Å². The van der Waals surface area contributed by atoms with Crippen molar-refractivity contribution in [2.24, 2.45) is 5.73 Å². The van der Waals surface area contributed by atoms with Crippen molar-refractivity contribution in [1.29, 1.82) is 0 Å². The number of carbonyl (C=O) groups excluding carboxylic acids is 1. The molecule has 0 unspecified atom stereocenters. The van der Waals surface area contributed by atoms with Crippen molar-refractivity contribution in [2.75, 3.05) is 13.7 Å². The summed E-state index contributed by atoms with van der Waals surface area (Å²) in [4.78, 5) is 28.6. The summed E-state index contributed by atoms with van der Waals surface area (Å²) in [5.41, 5.74) is 5.65. The summed E-state index contributed by atoms with van der Waals surface area (Å²) < 4.78 is 32.8. The Labute approximate surface area is 147 Å². The number of rotatable bonds is 4. The summed E-state index contributed by atoms with van der Waals surface area (Å²) in [5.74, 6) is -2.48. The Hall–Kier alpha value is -2.36. The molecule has 140 valence electrons. The van der Waals surface area contributed by atoms with Crippen LogP contribution >= 0.6 is 0 Å². The lowest BCUT2D eigenvalue weighted by atomic mass is 9.95. The lowest BCUT2D eigenvalue weighted by Gasteiger charge is -2.34. The number of nitrogens with zero attached hydrogens (tertiary/aromatic N) is 1. The molecule has 7 nitrogen and oxygen atoms in total. The number of H-pyrrole nitrogens is 1. The topological polar surface area (TPSA) is 109 Å². The zero-order valence-corrected chi connectivity index (χ0v) is 14.1. The number of aromatic amines is 1. The van der Waals surface area contributed by atoms with Crippen LogP contribution in [-0.4, -0.2) is 40.8 Å². The lowest BCUT2D eigenvalue weighted by Crippen LogP contribution is -2.38. The molecule has 9 heteroatoms. The molecule has 0 radical (unpaired) electrons. The summed E-state index contributed by atoms with van der Waals surface area (Å²) >= 11 is 0. The van der Waals surface area contributed by atoms with Crippen LogP contribution in [0, 0.1) is 11.6 Å². The lowest BCUT2D eigenvalue weighted by molar-refractivity contribution is -0.134. The van der Waals surface area contributed by atoms with E-state index in [0.29, 0.717) is 11.3 Å². The number of aliphatic hydroxyl groups is 1. The highest BCUT2D eigenvalue weighted by molar-refractivity contribution is 5.87. The molecule has 2 aromatic rings. The van der Waals surface area contributed by atoms with E-state index in [0.717, 1.165) is 12.1 Å². The predicted molar refractivity (Wildman–Crippen MR) is 89.1 cm³/mol. The van der Waals surface area contributed by atoms with E-state index in [2.05, 4.69) is 4.98 Å². The van der Waals surface area contributed by atoms with Crippen molar-refractivity contribution >= 4 is 16.7 Å². The molecule has 1 aliphatic heterocycles. The molecule has 0 aliphatic carbocycles. The van der Waals surface area contributed by atoms with Crippen LogP contribution in [0.25, 0.3) is 10.8 Å². The maximum Gasteiger partial charge on any atom is 0.256 e. The summed E-state index contributed by atoms with van der Waals surface area (Å²) in [7, 11) is 1.55. The van der Waals surface area contributed by atoms with Gasteiger partial charge in [0.25, 0.3) is 5.56 Å². The quantitative estimate of drug-likeness (QED) is 0.696. The fourth-order valence-corrected chi connectivity index (χ4v) is 3.17. The van der Waals surface area contributed by atoms with Gasteiger partial charge in [0.2, 0.25) is 5.91 Å². The number of amides is 1. The average Bonchev–Trinajstić information content (AvgIpc) is 2.60. The standard InChI is InChI=1S/C17H19F2N3O4/c1-22(15(24)3-2-14(20)23)13-7-26-6-12-16(13)8-4-10(18)11(19)5-9(8)17(25)21-12/h4-5,13-14,23H,2-3,6-7,20H2,1H3,(H,21,25)/t13-,14+/m1/s1. The number of nitrogens with two attached hydrogens (primary N) is 1. The highest BCUT2D eigenvalue weighted by atomic mass is 19.2. The van der Waals surface area contributed by atoms with Gasteiger partial charge >= 0.3 is 0 Å². The van der Waals surface area contributed by atoms with Gasteiger partial charge in [-0.05, 0) is 23.9 Å². The number of ether oxygens (including phenoxy) is 1. The van der Waals surface area contributed by atoms with Gasteiger partial charge in [-0.15, -0.1) is 0 Å². The highest BCUT2D eigenvalue weighted by Crippen LogP contribution is 2.33. The van der Waals surface area contributed by atoms with Crippen LogP contribution in [0.2, 0.25) is 0 Å². The number of likely N-dealkylation sites (N-methyl/N-ethyl adjacent to an activating group) is 1. The third-order valence-corrected chi connectivity index (χ3v) is 4.55. The first-order valence-electron chi connectivity index (χ1n) is 8.10. The van der Waals surface area contributed by atoms with E-state index in [9.17, 15) is 18.4 Å². The van der Waals surface area contributed by atoms with E-state index in [1.54, 1.807) is 7.05 Å². The number of hydrogen-bond donors (Lipinski definition) is 3. The Morgan fingerprint density at radius 1 is 1.42 bits per heavy atom. The van der Waals surface area contributed by atoms with Gasteiger partial charge in [0.15, 0.2) is 11.6 Å². The maximum absolute atomic E-state index is 13.8. The Morgan fingerprint density at radius 2 is 2.08 bits per heavy atom. The minimum absolute atomic E-state index is 0.00720. The van der Waals surface area contributed by atoms with E-state index in [4.69, 9.17) is 15.6 Å². The van der Waals surface area contributed by atoms with Gasteiger partial charge in [-0.25, -0.2) is 8.78 Å². The molecule has 26 heavy (non-hydrogen) atoms. The van der Waals surface area contributed by atoms with E-state index in [1.807, 2.05) is 0 Å². The third-order valence-electron chi connectivity index (χ3n) is 4.55. The molecule has 0 spiro atoms. The summed E-state index contributed by atoms with van der Waals surface area (Å²) in [6.45, 7) is 0.236. The van der Waals surface area contributed by atoms with E-state index >= 15 is 0 Å². The molecule has 4 N–H and O–H groups in total. The SMILES string of the molecule is CN(C(=O)CC[C@@H](N)O)[C@@H]1COCc2[nH]c(=O)c3cc(F)c(F)cc3c21. The number of aliphatic hydroxyl groups excluding tert-OH is 1. The number of pyridine rings is 1. The number of aromatic nitrogens is 1. The molecule has 1 aromatic carbocycles. The van der Waals surface area contributed by atoms with Crippen LogP contribution in [0.4, 0.5) is 8.78 Å². The number of nitrogens with one attached hydrogen (secondary N) is 1. The number of halogens is 2. The highest BCUT2D eigenvalue weighted by Gasteiger charge is 2.30. The molecule has 3 rings (SSSR count). The van der Waals surface area contributed by atoms with Gasteiger partial charge in [0, 0.05) is 24.7 Å². The van der Waals surface area contributed by atoms with E-state index in [1.165, 1.54) is 4.90 Å². The molecule has 2 atom stereocenters. The van der Waals surface area contributed by atoms with Crippen LogP contribution < -0.4 is 11.3 Å². The van der Waals surface area contributed by atoms with Crippen LogP contribution in [0.15, 0.2) is 16.9 Å². The fourth-order valence-electron chi connectivity index (χ4n) is 3.17. The molecular formula is C17H19F2N3O4. The van der Waals surface area contributed by atoms with E-state index in [-0.39, 0.29) is 42.7 Å². The van der Waals surface area contributed by atoms with Crippen LogP contribution in [-0.2, 0) is 16.1 Å². The van der Waals surface area contributed by atoms with Gasteiger partial charge in [-0.2, -0.15) is 0 Å². The first-order valence-corrected chi connectivity index (χ1v) is 8.10. The predicted octanol–water partition coefficient (Wildman–Crippen LogP) is 0.893. The van der Waals surface area contributed by atoms with Crippen LogP contribution in [0.3, 0.4) is 0 Å². The molecule has 1 aromatic heterocycles. The number of hydrogen-bond acceptors (Lipinski definition) is 5. The van der Waals surface area contributed by atoms with Crippen LogP contribution in [0.5, 0.6) is 0 Å². The fraction of sp³-hybridized carbons (Fsp3) is 0.412. The first kappa shape index (κ1) is 18.4. The minimum atomic E-state index is -1.12. The average molecular weight is 367 g/mol. The Bertz CT molecular complexity index is 913. The molecule has 0 saturated carbocycles. The minimum Gasteiger partial charge on any atom is -0.379 e. The number of benzene rings is 1. The Kier molecular flexibility index (Phi) is 5.03. The maximum atomic E-state index is 13.8. The van der Waals surface area contributed by atoms with Gasteiger partial charge in [0.05, 0.1) is 24.6 Å². The number of carbonyl (C=O) groups is 1. The Balaban J connectivity index is 2.08. The van der Waals surface area contributed by atoms with E-state index < -0.39 is 29.5 Å². The molecule has 1 aliphatic rings. The molecule has 0 saturated heterocycles. The van der Waals surface area contributed by atoms with Crippen molar-refractivity contribution in [3.63, 3.8) is 0 Å². The second-order valence-electron chi connectivity index (χ2n) is 6.30. The van der Waals surface area contributed by atoms with Crippen molar-refractivity contribution in [2.45, 2.75) is 31.7 Å². The first-order chi connectivity index (χ1) is 12.3. The normalized spacial score (nSPS) is 17.8. The third kappa shape index (κ3) is 3.33. The molecule has 0 bridgehead atoms. The summed E-state index contributed by atoms with van der Waals surface area (Å²) in [5, 5.41) is 9.40. The molecular weight excluding hydrogens is 348 g/mol. The van der Waals surface area contributed by atoms with Crippen molar-refractivity contribution in [3.05, 3.63) is 45.4 Å². The van der Waals surface area contributed by atoms with Crippen molar-refractivity contribution in [1.82, 2.24) is 9.88 Å². The monoisotopic (exact) mass is 367 g/mol. The Morgan fingerprint density at radius 3 is 2.73 bits per heavy atom. The zero-order valence-electron chi connectivity index (χ0n) is 14.1. The van der Waals surface area contributed by atoms with Crippen molar-refractivity contribution in [3.8, 4) is 0 Å². The summed E-state index contributed by atoms with van der Waals surface area (Å²) in [6, 6.07) is 1.23.